The van der Waals surface area contributed by atoms with Crippen LogP contribution in [0.3, 0.4) is 0 Å². The molecule has 0 spiro atoms. The predicted molar refractivity (Wildman–Crippen MR) is 119 cm³/mol. The fourth-order valence-electron chi connectivity index (χ4n) is 3.29. The van der Waals surface area contributed by atoms with Gasteiger partial charge in [-0.1, -0.05) is 109 Å². The van der Waals surface area contributed by atoms with Crippen molar-refractivity contribution in [3.8, 4) is 0 Å². The molecule has 0 bridgehead atoms. The minimum absolute atomic E-state index is 0.305. The van der Waals surface area contributed by atoms with Gasteiger partial charge in [0.05, 0.1) is 6.61 Å². The molecule has 0 radical (unpaired) electrons. The number of rotatable bonds is 21. The summed E-state index contributed by atoms with van der Waals surface area (Å²) in [6.07, 6.45) is 29.9. The fourth-order valence-corrected chi connectivity index (χ4v) is 3.29. The van der Waals surface area contributed by atoms with Gasteiger partial charge >= 0.3 is 5.97 Å². The van der Waals surface area contributed by atoms with Crippen LogP contribution in [0.4, 0.5) is 0 Å². The van der Waals surface area contributed by atoms with Crippen molar-refractivity contribution >= 4 is 5.97 Å². The van der Waals surface area contributed by atoms with E-state index in [1.165, 1.54) is 109 Å². The zero-order valence-corrected chi connectivity index (χ0v) is 18.2. The van der Waals surface area contributed by atoms with E-state index in [9.17, 15) is 4.79 Å². The molecule has 27 heavy (non-hydrogen) atoms. The molecule has 0 heterocycles. The van der Waals surface area contributed by atoms with Crippen LogP contribution >= 0.6 is 0 Å². The predicted octanol–water partition coefficient (Wildman–Crippen LogP) is 8.31. The molecule has 0 rings (SSSR count). The van der Waals surface area contributed by atoms with Crippen LogP contribution in [0.2, 0.25) is 0 Å². The minimum atomic E-state index is -0.305. The van der Waals surface area contributed by atoms with E-state index >= 15 is 0 Å². The molecule has 0 aromatic carbocycles. The maximum absolute atomic E-state index is 10.9. The number of carbonyl (C=O) groups excluding carboxylic acids is 1. The van der Waals surface area contributed by atoms with Crippen LogP contribution < -0.4 is 0 Å². The van der Waals surface area contributed by atoms with E-state index in [-0.39, 0.29) is 5.97 Å². The number of hydrogen-bond acceptors (Lipinski definition) is 2. The molecule has 0 amide bonds. The topological polar surface area (TPSA) is 26.3 Å². The highest BCUT2D eigenvalue weighted by Gasteiger charge is 1.95. The Kier molecular flexibility index (Phi) is 22.1. The number of allylic oxidation sites excluding steroid dienone is 2. The maximum atomic E-state index is 10.9. The summed E-state index contributed by atoms with van der Waals surface area (Å²) >= 11 is 0. The van der Waals surface area contributed by atoms with Crippen molar-refractivity contribution in [2.75, 3.05) is 6.61 Å². The Morgan fingerprint density at radius 3 is 1.52 bits per heavy atom. The molecule has 0 fully saturated rings. The van der Waals surface area contributed by atoms with Gasteiger partial charge < -0.3 is 4.74 Å². The van der Waals surface area contributed by atoms with Crippen LogP contribution in [-0.2, 0) is 9.53 Å². The van der Waals surface area contributed by atoms with Crippen molar-refractivity contribution in [3.05, 3.63) is 24.8 Å². The van der Waals surface area contributed by atoms with E-state index in [0.717, 1.165) is 12.8 Å². The first-order valence-corrected chi connectivity index (χ1v) is 11.8. The monoisotopic (exact) mass is 378 g/mol. The van der Waals surface area contributed by atoms with E-state index in [0.29, 0.717) is 6.61 Å². The highest BCUT2D eigenvalue weighted by atomic mass is 16.5. The summed E-state index contributed by atoms with van der Waals surface area (Å²) in [5.41, 5.74) is 0. The number of esters is 1. The van der Waals surface area contributed by atoms with Gasteiger partial charge in [0.15, 0.2) is 0 Å². The Labute approximate surface area is 169 Å². The highest BCUT2D eigenvalue weighted by molar-refractivity contribution is 5.81. The van der Waals surface area contributed by atoms with Gasteiger partial charge in [0.2, 0.25) is 0 Å². The number of unbranched alkanes of at least 4 members (excludes halogenated alkanes) is 16. The lowest BCUT2D eigenvalue weighted by Gasteiger charge is -2.02. The molecule has 0 unspecified atom stereocenters. The van der Waals surface area contributed by atoms with Crippen molar-refractivity contribution in [3.63, 3.8) is 0 Å². The molecule has 0 saturated carbocycles. The molecule has 158 valence electrons. The van der Waals surface area contributed by atoms with Gasteiger partial charge in [0.25, 0.3) is 0 Å². The Morgan fingerprint density at radius 2 is 1.07 bits per heavy atom. The molecular weight excluding hydrogens is 332 g/mol. The first-order chi connectivity index (χ1) is 13.3. The van der Waals surface area contributed by atoms with Crippen LogP contribution in [0.1, 0.15) is 122 Å². The summed E-state index contributed by atoms with van der Waals surface area (Å²) < 4.78 is 4.96. The minimum Gasteiger partial charge on any atom is -0.463 e. The molecule has 0 aliphatic heterocycles. The van der Waals surface area contributed by atoms with Crippen molar-refractivity contribution in [1.29, 1.82) is 0 Å². The summed E-state index contributed by atoms with van der Waals surface area (Å²) in [6.45, 7) is 6.21. The van der Waals surface area contributed by atoms with E-state index in [2.05, 4.69) is 25.7 Å². The summed E-state index contributed by atoms with van der Waals surface area (Å²) in [5, 5.41) is 0. The lowest BCUT2D eigenvalue weighted by atomic mass is 10.1. The molecule has 2 heteroatoms. The van der Waals surface area contributed by atoms with Crippen LogP contribution in [0.5, 0.6) is 0 Å². The Hall–Kier alpha value is -1.05. The second kappa shape index (κ2) is 23.0. The van der Waals surface area contributed by atoms with E-state index in [4.69, 9.17) is 4.74 Å². The van der Waals surface area contributed by atoms with E-state index in [1.54, 1.807) is 0 Å². The lowest BCUT2D eigenvalue weighted by molar-refractivity contribution is -0.137. The van der Waals surface area contributed by atoms with E-state index < -0.39 is 0 Å². The Bertz CT molecular complexity index is 346. The number of ether oxygens (including phenoxy) is 1. The van der Waals surface area contributed by atoms with Crippen LogP contribution in [0.25, 0.3) is 0 Å². The summed E-state index contributed by atoms with van der Waals surface area (Å²) in [7, 11) is 0. The summed E-state index contributed by atoms with van der Waals surface area (Å²) in [4.78, 5) is 10.9. The Balaban J connectivity index is 3.10. The first-order valence-electron chi connectivity index (χ1n) is 11.8. The van der Waals surface area contributed by atoms with Gasteiger partial charge in [-0.15, -0.1) is 0 Å². The standard InChI is InChI=1S/C25H46O2/c1-3-5-6-7-8-9-10-11-12-13-14-15-16-17-18-19-20-21-22-23-24-27-25(26)4-2/h4,14-15H,2-3,5-13,16-24H2,1H3/b15-14+. The van der Waals surface area contributed by atoms with Gasteiger partial charge in [0.1, 0.15) is 0 Å². The molecule has 0 saturated heterocycles. The van der Waals surface area contributed by atoms with Crippen LogP contribution in [0.15, 0.2) is 24.8 Å². The summed E-state index contributed by atoms with van der Waals surface area (Å²) in [5.74, 6) is -0.305. The zero-order chi connectivity index (χ0) is 19.8. The molecular formula is C25H46O2. The molecule has 0 aromatic rings. The normalized spacial score (nSPS) is 11.1. The van der Waals surface area contributed by atoms with Gasteiger partial charge in [-0.3, -0.25) is 0 Å². The van der Waals surface area contributed by atoms with Crippen molar-refractivity contribution in [2.45, 2.75) is 122 Å². The molecule has 2 nitrogen and oxygen atoms in total. The molecule has 0 atom stereocenters. The fraction of sp³-hybridized carbons (Fsp3) is 0.800. The third kappa shape index (κ3) is 22.9. The summed E-state index contributed by atoms with van der Waals surface area (Å²) in [6, 6.07) is 0. The maximum Gasteiger partial charge on any atom is 0.330 e. The smallest absolute Gasteiger partial charge is 0.330 e. The second-order valence-corrected chi connectivity index (χ2v) is 7.72. The second-order valence-electron chi connectivity index (χ2n) is 7.72. The number of carbonyl (C=O) groups is 1. The highest BCUT2D eigenvalue weighted by Crippen LogP contribution is 2.12. The zero-order valence-electron chi connectivity index (χ0n) is 18.2. The number of hydrogen-bond donors (Lipinski definition) is 0. The molecule has 0 aliphatic carbocycles. The quantitative estimate of drug-likeness (QED) is 0.0868. The van der Waals surface area contributed by atoms with Gasteiger partial charge in [-0.05, 0) is 32.1 Å². The third-order valence-corrected chi connectivity index (χ3v) is 5.07. The van der Waals surface area contributed by atoms with Crippen LogP contribution in [-0.4, -0.2) is 12.6 Å². The first kappa shape index (κ1) is 26.0. The van der Waals surface area contributed by atoms with Gasteiger partial charge in [-0.25, -0.2) is 4.79 Å². The average molecular weight is 379 g/mol. The molecule has 0 aliphatic rings. The SMILES string of the molecule is C=CC(=O)OCCCCCCCCC/C=C/CCCCCCCCCCC. The lowest BCUT2D eigenvalue weighted by Crippen LogP contribution is -2.01. The Morgan fingerprint density at radius 1 is 0.667 bits per heavy atom. The van der Waals surface area contributed by atoms with Gasteiger partial charge in [-0.2, -0.15) is 0 Å². The van der Waals surface area contributed by atoms with Crippen molar-refractivity contribution in [1.82, 2.24) is 0 Å². The van der Waals surface area contributed by atoms with Crippen molar-refractivity contribution in [2.24, 2.45) is 0 Å². The largest absolute Gasteiger partial charge is 0.463 e. The average Bonchev–Trinajstić information content (AvgIpc) is 2.68. The van der Waals surface area contributed by atoms with E-state index in [1.807, 2.05) is 0 Å². The van der Waals surface area contributed by atoms with Crippen molar-refractivity contribution < 1.29 is 9.53 Å². The van der Waals surface area contributed by atoms with Gasteiger partial charge in [0, 0.05) is 6.08 Å². The molecule has 0 aromatic heterocycles. The van der Waals surface area contributed by atoms with Crippen LogP contribution in [0, 0.1) is 0 Å². The molecule has 0 N–H and O–H groups in total. The third-order valence-electron chi connectivity index (χ3n) is 5.07.